The molecule has 19 heavy (non-hydrogen) atoms. The minimum atomic E-state index is -0.268. The third-order valence-corrected chi connectivity index (χ3v) is 3.96. The van der Waals surface area contributed by atoms with E-state index in [2.05, 4.69) is 11.8 Å². The van der Waals surface area contributed by atoms with Crippen LogP contribution in [0.15, 0.2) is 24.3 Å². The van der Waals surface area contributed by atoms with Crippen molar-refractivity contribution >= 4 is 5.97 Å². The third kappa shape index (κ3) is 3.80. The van der Waals surface area contributed by atoms with Crippen LogP contribution in [0.4, 0.5) is 0 Å². The number of rotatable bonds is 4. The molecule has 1 unspecified atom stereocenters. The second-order valence-corrected chi connectivity index (χ2v) is 5.34. The first-order valence-electron chi connectivity index (χ1n) is 7.12. The maximum absolute atomic E-state index is 11.4. The molecule has 0 aliphatic carbocycles. The maximum atomic E-state index is 11.4. The lowest BCUT2D eigenvalue weighted by Crippen LogP contribution is -2.34. The Morgan fingerprint density at radius 3 is 2.74 bits per heavy atom. The molecule has 0 N–H and O–H groups in total. The summed E-state index contributed by atoms with van der Waals surface area (Å²) in [4.78, 5) is 13.9. The molecule has 1 aromatic carbocycles. The van der Waals surface area contributed by atoms with Crippen molar-refractivity contribution in [2.24, 2.45) is 5.92 Å². The average molecular weight is 261 g/mol. The molecule has 1 heterocycles. The van der Waals surface area contributed by atoms with Crippen LogP contribution in [0.25, 0.3) is 0 Å². The number of piperidine rings is 1. The molecular weight excluding hydrogens is 238 g/mol. The number of carbonyl (C=O) groups is 1. The van der Waals surface area contributed by atoms with Gasteiger partial charge in [0, 0.05) is 13.1 Å². The van der Waals surface area contributed by atoms with Crippen LogP contribution < -0.4 is 0 Å². The number of likely N-dealkylation sites (tertiary alicyclic amines) is 1. The molecule has 1 aliphatic heterocycles. The second kappa shape index (κ2) is 6.71. The highest BCUT2D eigenvalue weighted by Gasteiger charge is 2.18. The number of esters is 1. The van der Waals surface area contributed by atoms with E-state index in [1.165, 1.54) is 45.0 Å². The summed E-state index contributed by atoms with van der Waals surface area (Å²) < 4.78 is 4.71. The number of methoxy groups -OCH3 is 1. The summed E-state index contributed by atoms with van der Waals surface area (Å²) in [6.07, 6.45) is 3.95. The molecule has 0 amide bonds. The molecule has 104 valence electrons. The van der Waals surface area contributed by atoms with Crippen LogP contribution in [0.5, 0.6) is 0 Å². The number of carbonyl (C=O) groups excluding carboxylic acids is 1. The van der Waals surface area contributed by atoms with Gasteiger partial charge in [-0.15, -0.1) is 0 Å². The second-order valence-electron chi connectivity index (χ2n) is 5.34. The Kier molecular flexibility index (Phi) is 4.97. The molecule has 1 aromatic rings. The number of nitrogens with zero attached hydrogens (tertiary/aromatic N) is 1. The van der Waals surface area contributed by atoms with Gasteiger partial charge < -0.3 is 4.74 Å². The Balaban J connectivity index is 1.94. The van der Waals surface area contributed by atoms with E-state index >= 15 is 0 Å². The Morgan fingerprint density at radius 2 is 2.11 bits per heavy atom. The van der Waals surface area contributed by atoms with Crippen LogP contribution in [0, 0.1) is 5.92 Å². The largest absolute Gasteiger partial charge is 0.465 e. The van der Waals surface area contributed by atoms with Gasteiger partial charge in [-0.3, -0.25) is 4.90 Å². The van der Waals surface area contributed by atoms with Gasteiger partial charge in [0.1, 0.15) is 0 Å². The topological polar surface area (TPSA) is 29.5 Å². The minimum Gasteiger partial charge on any atom is -0.465 e. The minimum absolute atomic E-state index is 0.268. The van der Waals surface area contributed by atoms with Crippen LogP contribution >= 0.6 is 0 Å². The van der Waals surface area contributed by atoms with E-state index in [1.807, 2.05) is 24.3 Å². The van der Waals surface area contributed by atoms with Crippen molar-refractivity contribution in [2.75, 3.05) is 20.2 Å². The van der Waals surface area contributed by atoms with Gasteiger partial charge in [0.2, 0.25) is 0 Å². The van der Waals surface area contributed by atoms with Gasteiger partial charge in [-0.25, -0.2) is 4.79 Å². The standard InChI is InChI=1S/C16H23NO2/c1-3-13-5-4-10-17(11-13)12-14-6-8-15(9-7-14)16(18)19-2/h6-9,13H,3-5,10-12H2,1-2H3. The lowest BCUT2D eigenvalue weighted by atomic mass is 9.95. The zero-order chi connectivity index (χ0) is 13.7. The molecule has 3 nitrogen and oxygen atoms in total. The summed E-state index contributed by atoms with van der Waals surface area (Å²) >= 11 is 0. The third-order valence-electron chi connectivity index (χ3n) is 3.96. The number of benzene rings is 1. The summed E-state index contributed by atoms with van der Waals surface area (Å²) in [5, 5.41) is 0. The molecule has 1 atom stereocenters. The zero-order valence-electron chi connectivity index (χ0n) is 11.9. The molecule has 1 saturated heterocycles. The average Bonchev–Trinajstić information content (AvgIpc) is 2.47. The molecule has 1 aliphatic rings. The van der Waals surface area contributed by atoms with E-state index in [-0.39, 0.29) is 5.97 Å². The summed E-state index contributed by atoms with van der Waals surface area (Å²) in [7, 11) is 1.41. The fraction of sp³-hybridized carbons (Fsp3) is 0.562. The molecule has 0 aromatic heterocycles. The quantitative estimate of drug-likeness (QED) is 0.780. The predicted molar refractivity (Wildman–Crippen MR) is 76.1 cm³/mol. The van der Waals surface area contributed by atoms with E-state index in [1.54, 1.807) is 0 Å². The highest BCUT2D eigenvalue weighted by atomic mass is 16.5. The van der Waals surface area contributed by atoms with Crippen molar-refractivity contribution in [1.29, 1.82) is 0 Å². The summed E-state index contributed by atoms with van der Waals surface area (Å²) in [5.41, 5.74) is 1.89. The van der Waals surface area contributed by atoms with Gasteiger partial charge in [-0.1, -0.05) is 25.5 Å². The van der Waals surface area contributed by atoms with Gasteiger partial charge in [-0.2, -0.15) is 0 Å². The van der Waals surface area contributed by atoms with Crippen LogP contribution in [-0.2, 0) is 11.3 Å². The van der Waals surface area contributed by atoms with Gasteiger partial charge in [0.05, 0.1) is 12.7 Å². The molecule has 0 bridgehead atoms. The Hall–Kier alpha value is -1.35. The summed E-state index contributed by atoms with van der Waals surface area (Å²) in [6.45, 7) is 5.65. The maximum Gasteiger partial charge on any atom is 0.337 e. The predicted octanol–water partition coefficient (Wildman–Crippen LogP) is 3.10. The smallest absolute Gasteiger partial charge is 0.337 e. The number of hydrogen-bond donors (Lipinski definition) is 0. The fourth-order valence-corrected chi connectivity index (χ4v) is 2.75. The lowest BCUT2D eigenvalue weighted by molar-refractivity contribution is 0.0600. The Bertz CT molecular complexity index is 413. The van der Waals surface area contributed by atoms with E-state index in [0.29, 0.717) is 5.56 Å². The molecule has 0 spiro atoms. The highest BCUT2D eigenvalue weighted by molar-refractivity contribution is 5.89. The summed E-state index contributed by atoms with van der Waals surface area (Å²) in [6, 6.07) is 7.76. The lowest BCUT2D eigenvalue weighted by Gasteiger charge is -2.32. The Morgan fingerprint density at radius 1 is 1.37 bits per heavy atom. The fourth-order valence-electron chi connectivity index (χ4n) is 2.75. The molecule has 2 rings (SSSR count). The van der Waals surface area contributed by atoms with E-state index in [4.69, 9.17) is 4.74 Å². The van der Waals surface area contributed by atoms with Gasteiger partial charge in [0.15, 0.2) is 0 Å². The van der Waals surface area contributed by atoms with Gasteiger partial charge in [-0.05, 0) is 43.0 Å². The van der Waals surface area contributed by atoms with Crippen molar-refractivity contribution in [2.45, 2.75) is 32.7 Å². The highest BCUT2D eigenvalue weighted by Crippen LogP contribution is 2.20. The van der Waals surface area contributed by atoms with Crippen LogP contribution in [0.2, 0.25) is 0 Å². The van der Waals surface area contributed by atoms with E-state index in [0.717, 1.165) is 12.5 Å². The normalized spacial score (nSPS) is 20.2. The molecule has 1 fully saturated rings. The first-order chi connectivity index (χ1) is 9.22. The van der Waals surface area contributed by atoms with E-state index < -0.39 is 0 Å². The number of hydrogen-bond acceptors (Lipinski definition) is 3. The van der Waals surface area contributed by atoms with Crippen molar-refractivity contribution in [3.8, 4) is 0 Å². The van der Waals surface area contributed by atoms with Crippen LogP contribution in [0.1, 0.15) is 42.1 Å². The van der Waals surface area contributed by atoms with Crippen molar-refractivity contribution in [1.82, 2.24) is 4.90 Å². The van der Waals surface area contributed by atoms with Crippen LogP contribution in [0.3, 0.4) is 0 Å². The number of ether oxygens (including phenoxy) is 1. The zero-order valence-corrected chi connectivity index (χ0v) is 11.9. The van der Waals surface area contributed by atoms with Crippen LogP contribution in [-0.4, -0.2) is 31.1 Å². The molecular formula is C16H23NO2. The summed E-state index contributed by atoms with van der Waals surface area (Å²) in [5.74, 6) is 0.582. The first kappa shape index (κ1) is 14.1. The van der Waals surface area contributed by atoms with Crippen molar-refractivity contribution in [3.63, 3.8) is 0 Å². The first-order valence-corrected chi connectivity index (χ1v) is 7.12. The SMILES string of the molecule is CCC1CCCN(Cc2ccc(C(=O)OC)cc2)C1. The van der Waals surface area contributed by atoms with Gasteiger partial charge in [0.25, 0.3) is 0 Å². The van der Waals surface area contributed by atoms with E-state index in [9.17, 15) is 4.79 Å². The molecule has 0 radical (unpaired) electrons. The molecule has 3 heteroatoms. The van der Waals surface area contributed by atoms with Gasteiger partial charge >= 0.3 is 5.97 Å². The van der Waals surface area contributed by atoms with Crippen molar-refractivity contribution < 1.29 is 9.53 Å². The monoisotopic (exact) mass is 261 g/mol. The Labute approximate surface area is 115 Å². The van der Waals surface area contributed by atoms with Crippen molar-refractivity contribution in [3.05, 3.63) is 35.4 Å². The molecule has 0 saturated carbocycles.